The Morgan fingerprint density at radius 2 is 2.00 bits per heavy atom. The van der Waals surface area contributed by atoms with Gasteiger partial charge in [-0.05, 0) is 18.6 Å². The summed E-state index contributed by atoms with van der Waals surface area (Å²) in [6.07, 6.45) is 5.55. The van der Waals surface area contributed by atoms with E-state index < -0.39 is 0 Å². The van der Waals surface area contributed by atoms with Crippen LogP contribution in [0.2, 0.25) is 0 Å². The molecule has 0 spiro atoms. The highest BCUT2D eigenvalue weighted by Gasteiger charge is 2.37. The van der Waals surface area contributed by atoms with Crippen LogP contribution in [0.3, 0.4) is 0 Å². The lowest BCUT2D eigenvalue weighted by Gasteiger charge is -2.48. The number of amides is 1. The lowest BCUT2D eigenvalue weighted by molar-refractivity contribution is -0.0776. The molecule has 0 radical (unpaired) electrons. The minimum Gasteiger partial charge on any atom is -0.378 e. The van der Waals surface area contributed by atoms with E-state index in [1.165, 1.54) is 0 Å². The second-order valence-corrected chi connectivity index (χ2v) is 7.01. The van der Waals surface area contributed by atoms with Crippen molar-refractivity contribution in [3.05, 3.63) is 42.5 Å². The number of aromatic nitrogens is 3. The molecular formula is C19H25N5O2. The first kappa shape index (κ1) is 17.2. The second kappa shape index (κ2) is 7.55. The maximum absolute atomic E-state index is 13.2. The van der Waals surface area contributed by atoms with Crippen LogP contribution in [0.5, 0.6) is 0 Å². The number of para-hydroxylation sites is 1. The van der Waals surface area contributed by atoms with Crippen molar-refractivity contribution < 1.29 is 9.53 Å². The van der Waals surface area contributed by atoms with Gasteiger partial charge in [0.05, 0.1) is 30.5 Å². The van der Waals surface area contributed by atoms with Crippen LogP contribution in [0, 0.1) is 0 Å². The predicted molar refractivity (Wildman–Crippen MR) is 97.3 cm³/mol. The second-order valence-electron chi connectivity index (χ2n) is 7.01. The van der Waals surface area contributed by atoms with E-state index in [0.717, 1.165) is 44.8 Å². The fraction of sp³-hybridized carbons (Fsp3) is 0.526. The standard InChI is InChI=1S/C19H25N5O2/c1-2-5-15-11-26-12-16-10-22(8-9-24(15)16)19(25)17-6-3-4-7-18(17)23-13-20-21-14-23/h3-4,6-7,13-16H,2,5,8-12H2,1H3/t15-,16+/m0/s1. The van der Waals surface area contributed by atoms with Gasteiger partial charge in [0.25, 0.3) is 5.91 Å². The quantitative estimate of drug-likeness (QED) is 0.833. The number of hydrogen-bond donors (Lipinski definition) is 0. The van der Waals surface area contributed by atoms with Crippen molar-refractivity contribution in [3.63, 3.8) is 0 Å². The molecule has 26 heavy (non-hydrogen) atoms. The minimum absolute atomic E-state index is 0.0616. The van der Waals surface area contributed by atoms with Gasteiger partial charge in [-0.3, -0.25) is 14.3 Å². The highest BCUT2D eigenvalue weighted by molar-refractivity contribution is 5.97. The van der Waals surface area contributed by atoms with Gasteiger partial charge in [0.1, 0.15) is 12.7 Å². The van der Waals surface area contributed by atoms with Crippen molar-refractivity contribution in [2.75, 3.05) is 32.8 Å². The largest absolute Gasteiger partial charge is 0.378 e. The van der Waals surface area contributed by atoms with Crippen molar-refractivity contribution in [1.82, 2.24) is 24.6 Å². The normalized spacial score (nSPS) is 23.7. The number of carbonyl (C=O) groups excluding carboxylic acids is 1. The zero-order chi connectivity index (χ0) is 17.9. The number of fused-ring (bicyclic) bond motifs is 1. The monoisotopic (exact) mass is 355 g/mol. The number of nitrogens with zero attached hydrogens (tertiary/aromatic N) is 5. The van der Waals surface area contributed by atoms with Gasteiger partial charge in [-0.15, -0.1) is 10.2 Å². The summed E-state index contributed by atoms with van der Waals surface area (Å²) >= 11 is 0. The highest BCUT2D eigenvalue weighted by atomic mass is 16.5. The predicted octanol–water partition coefficient (Wildman–Crippen LogP) is 1.59. The number of rotatable bonds is 4. The van der Waals surface area contributed by atoms with Crippen LogP contribution in [-0.4, -0.2) is 75.4 Å². The third kappa shape index (κ3) is 3.24. The van der Waals surface area contributed by atoms with Gasteiger partial charge >= 0.3 is 0 Å². The molecule has 0 unspecified atom stereocenters. The Labute approximate surface area is 153 Å². The SMILES string of the molecule is CCC[C@H]1COC[C@H]2CN(C(=O)c3ccccc3-n3cnnc3)CCN12. The molecule has 3 heterocycles. The van der Waals surface area contributed by atoms with E-state index in [-0.39, 0.29) is 5.91 Å². The fourth-order valence-corrected chi connectivity index (χ4v) is 4.08. The van der Waals surface area contributed by atoms with E-state index in [2.05, 4.69) is 22.0 Å². The molecule has 0 bridgehead atoms. The summed E-state index contributed by atoms with van der Waals surface area (Å²) in [5.41, 5.74) is 1.50. The van der Waals surface area contributed by atoms with Crippen molar-refractivity contribution in [2.45, 2.75) is 31.8 Å². The van der Waals surface area contributed by atoms with Crippen molar-refractivity contribution in [1.29, 1.82) is 0 Å². The molecule has 7 nitrogen and oxygen atoms in total. The van der Waals surface area contributed by atoms with Crippen molar-refractivity contribution in [3.8, 4) is 5.69 Å². The van der Waals surface area contributed by atoms with Crippen LogP contribution in [0.4, 0.5) is 0 Å². The summed E-state index contributed by atoms with van der Waals surface area (Å²) in [5, 5.41) is 7.71. The number of benzene rings is 1. The Hall–Kier alpha value is -2.25. The summed E-state index contributed by atoms with van der Waals surface area (Å²) in [6.45, 7) is 6.12. The zero-order valence-electron chi connectivity index (χ0n) is 15.1. The lowest BCUT2D eigenvalue weighted by Crippen LogP contribution is -2.62. The molecule has 0 saturated carbocycles. The van der Waals surface area contributed by atoms with Gasteiger partial charge in [0.15, 0.2) is 0 Å². The first-order valence-corrected chi connectivity index (χ1v) is 9.34. The van der Waals surface area contributed by atoms with Crippen LogP contribution < -0.4 is 0 Å². The maximum Gasteiger partial charge on any atom is 0.256 e. The Morgan fingerprint density at radius 1 is 1.19 bits per heavy atom. The summed E-state index contributed by atoms with van der Waals surface area (Å²) in [7, 11) is 0. The number of carbonyl (C=O) groups is 1. The van der Waals surface area contributed by atoms with E-state index in [1.807, 2.05) is 29.2 Å². The molecule has 2 atom stereocenters. The molecule has 2 fully saturated rings. The Bertz CT molecular complexity index is 746. The maximum atomic E-state index is 13.2. The smallest absolute Gasteiger partial charge is 0.256 e. The lowest BCUT2D eigenvalue weighted by atomic mass is 10.0. The molecular weight excluding hydrogens is 330 g/mol. The summed E-state index contributed by atoms with van der Waals surface area (Å²) < 4.78 is 7.60. The molecule has 0 N–H and O–H groups in total. The summed E-state index contributed by atoms with van der Waals surface area (Å²) in [4.78, 5) is 17.7. The summed E-state index contributed by atoms with van der Waals surface area (Å²) in [6, 6.07) is 8.40. The first-order valence-electron chi connectivity index (χ1n) is 9.34. The van der Waals surface area contributed by atoms with Crippen LogP contribution in [0.15, 0.2) is 36.9 Å². The third-order valence-electron chi connectivity index (χ3n) is 5.36. The molecule has 2 aromatic rings. The highest BCUT2D eigenvalue weighted by Crippen LogP contribution is 2.24. The molecule has 4 rings (SSSR count). The number of morpholine rings is 1. The van der Waals surface area contributed by atoms with E-state index in [1.54, 1.807) is 17.2 Å². The first-order chi connectivity index (χ1) is 12.8. The van der Waals surface area contributed by atoms with Crippen molar-refractivity contribution >= 4 is 5.91 Å². The molecule has 2 saturated heterocycles. The van der Waals surface area contributed by atoms with E-state index >= 15 is 0 Å². The molecule has 1 aromatic carbocycles. The zero-order valence-corrected chi connectivity index (χ0v) is 15.1. The molecule has 2 aliphatic heterocycles. The number of ether oxygens (including phenoxy) is 1. The van der Waals surface area contributed by atoms with Gasteiger partial charge in [-0.2, -0.15) is 0 Å². The van der Waals surface area contributed by atoms with Gasteiger partial charge in [-0.25, -0.2) is 0 Å². The fourth-order valence-electron chi connectivity index (χ4n) is 4.08. The summed E-state index contributed by atoms with van der Waals surface area (Å²) in [5.74, 6) is 0.0616. The average molecular weight is 355 g/mol. The van der Waals surface area contributed by atoms with E-state index in [4.69, 9.17) is 4.74 Å². The molecule has 138 valence electrons. The molecule has 0 aliphatic carbocycles. The van der Waals surface area contributed by atoms with Crippen LogP contribution in [0.1, 0.15) is 30.1 Å². The number of hydrogen-bond acceptors (Lipinski definition) is 5. The van der Waals surface area contributed by atoms with Crippen LogP contribution >= 0.6 is 0 Å². The molecule has 1 aromatic heterocycles. The molecule has 1 amide bonds. The molecule has 7 heteroatoms. The molecule has 2 aliphatic rings. The topological polar surface area (TPSA) is 63.5 Å². The van der Waals surface area contributed by atoms with Crippen molar-refractivity contribution in [2.24, 2.45) is 0 Å². The van der Waals surface area contributed by atoms with Gasteiger partial charge in [0, 0.05) is 25.7 Å². The van der Waals surface area contributed by atoms with E-state index in [0.29, 0.717) is 24.3 Å². The number of piperazine rings is 1. The van der Waals surface area contributed by atoms with Crippen LogP contribution in [0.25, 0.3) is 5.69 Å². The third-order valence-corrected chi connectivity index (χ3v) is 5.36. The average Bonchev–Trinajstić information content (AvgIpc) is 3.22. The van der Waals surface area contributed by atoms with Gasteiger partial charge < -0.3 is 9.64 Å². The Kier molecular flexibility index (Phi) is 4.99. The van der Waals surface area contributed by atoms with E-state index in [9.17, 15) is 4.79 Å². The minimum atomic E-state index is 0.0616. The van der Waals surface area contributed by atoms with Gasteiger partial charge in [0.2, 0.25) is 0 Å². The Balaban J connectivity index is 1.52. The van der Waals surface area contributed by atoms with Crippen LogP contribution in [-0.2, 0) is 4.74 Å². The van der Waals surface area contributed by atoms with Gasteiger partial charge in [-0.1, -0.05) is 25.5 Å². The Morgan fingerprint density at radius 3 is 2.81 bits per heavy atom.